The number of sulfone groups is 1. The molecule has 3 rings (SSSR count). The molecule has 3 nitrogen and oxygen atoms in total. The molecule has 1 aliphatic rings. The molecule has 0 spiro atoms. The summed E-state index contributed by atoms with van der Waals surface area (Å²) in [6, 6.07) is 11.3. The molecule has 0 amide bonds. The molecule has 0 heterocycles. The first-order valence-electron chi connectivity index (χ1n) is 9.64. The molecule has 27 heavy (non-hydrogen) atoms. The number of benzene rings is 2. The van der Waals surface area contributed by atoms with Gasteiger partial charge in [0.2, 0.25) is 0 Å². The summed E-state index contributed by atoms with van der Waals surface area (Å²) >= 11 is 0. The van der Waals surface area contributed by atoms with Crippen molar-refractivity contribution in [2.75, 3.05) is 0 Å². The molecule has 2 aromatic rings. The molecule has 0 fully saturated rings. The zero-order valence-electron chi connectivity index (χ0n) is 16.6. The highest BCUT2D eigenvalue weighted by molar-refractivity contribution is 7.91. The van der Waals surface area contributed by atoms with Gasteiger partial charge in [0, 0.05) is 12.0 Å². The quantitative estimate of drug-likeness (QED) is 0.673. The van der Waals surface area contributed by atoms with Crippen molar-refractivity contribution in [1.29, 1.82) is 0 Å². The molecule has 0 aromatic heterocycles. The van der Waals surface area contributed by atoms with Crippen LogP contribution in [0.2, 0.25) is 0 Å². The van der Waals surface area contributed by atoms with Crippen molar-refractivity contribution in [2.45, 2.75) is 63.9 Å². The third-order valence-corrected chi connectivity index (χ3v) is 7.99. The van der Waals surface area contributed by atoms with Crippen molar-refractivity contribution in [3.05, 3.63) is 69.8 Å². The van der Waals surface area contributed by atoms with E-state index >= 15 is 0 Å². The molecule has 4 heteroatoms. The van der Waals surface area contributed by atoms with E-state index < -0.39 is 15.1 Å². The third kappa shape index (κ3) is 4.16. The standard InChI is InChI=1S/C23H28O3S/c1-15(2)27(25,26)14-18-6-8-19(9-7-18)23(24)13-20-10-12-21-16(3)5-11-22(21)17(20)4/h6-10,12,15-16H,5,11,13-14H2,1-4H3. The van der Waals surface area contributed by atoms with Crippen molar-refractivity contribution in [3.63, 3.8) is 0 Å². The van der Waals surface area contributed by atoms with E-state index in [9.17, 15) is 13.2 Å². The number of hydrogen-bond donors (Lipinski definition) is 0. The van der Waals surface area contributed by atoms with Gasteiger partial charge in [0.05, 0.1) is 11.0 Å². The maximum atomic E-state index is 12.7. The number of carbonyl (C=O) groups excluding carboxylic acids is 1. The Morgan fingerprint density at radius 2 is 1.78 bits per heavy atom. The molecule has 0 saturated heterocycles. The van der Waals surface area contributed by atoms with Gasteiger partial charge < -0.3 is 0 Å². The largest absolute Gasteiger partial charge is 0.294 e. The van der Waals surface area contributed by atoms with Crippen LogP contribution in [0.5, 0.6) is 0 Å². The second kappa shape index (κ2) is 7.59. The molecule has 1 atom stereocenters. The van der Waals surface area contributed by atoms with Crippen LogP contribution < -0.4 is 0 Å². The zero-order chi connectivity index (χ0) is 19.8. The molecule has 1 aliphatic carbocycles. The van der Waals surface area contributed by atoms with Crippen molar-refractivity contribution in [2.24, 2.45) is 0 Å². The van der Waals surface area contributed by atoms with Crippen molar-refractivity contribution < 1.29 is 13.2 Å². The fraction of sp³-hybridized carbons (Fsp3) is 0.435. The minimum Gasteiger partial charge on any atom is -0.294 e. The Kier molecular flexibility index (Phi) is 5.57. The Balaban J connectivity index is 1.74. The summed E-state index contributed by atoms with van der Waals surface area (Å²) in [6.45, 7) is 7.76. The Morgan fingerprint density at radius 3 is 2.41 bits per heavy atom. The number of carbonyl (C=O) groups is 1. The van der Waals surface area contributed by atoms with E-state index in [0.29, 0.717) is 17.9 Å². The fourth-order valence-electron chi connectivity index (χ4n) is 3.79. The van der Waals surface area contributed by atoms with Crippen molar-refractivity contribution in [1.82, 2.24) is 0 Å². The Labute approximate surface area is 162 Å². The van der Waals surface area contributed by atoms with Crippen molar-refractivity contribution in [3.8, 4) is 0 Å². The molecular weight excluding hydrogens is 356 g/mol. The predicted molar refractivity (Wildman–Crippen MR) is 110 cm³/mol. The second-order valence-electron chi connectivity index (χ2n) is 8.01. The maximum Gasteiger partial charge on any atom is 0.167 e. The zero-order valence-corrected chi connectivity index (χ0v) is 17.4. The highest BCUT2D eigenvalue weighted by Gasteiger charge is 2.22. The van der Waals surface area contributed by atoms with Crippen LogP contribution in [0.4, 0.5) is 0 Å². The highest BCUT2D eigenvalue weighted by atomic mass is 32.2. The van der Waals surface area contributed by atoms with Gasteiger partial charge >= 0.3 is 0 Å². The Hall–Kier alpha value is -1.94. The van der Waals surface area contributed by atoms with Gasteiger partial charge in [-0.3, -0.25) is 4.79 Å². The topological polar surface area (TPSA) is 51.2 Å². The van der Waals surface area contributed by atoms with Gasteiger partial charge in [0.25, 0.3) is 0 Å². The summed E-state index contributed by atoms with van der Waals surface area (Å²) in [6.07, 6.45) is 2.68. The van der Waals surface area contributed by atoms with Crippen LogP contribution in [0.25, 0.3) is 0 Å². The number of rotatable bonds is 6. The van der Waals surface area contributed by atoms with Crippen LogP contribution in [0.15, 0.2) is 36.4 Å². The lowest BCUT2D eigenvalue weighted by Crippen LogP contribution is -2.16. The Bertz CT molecular complexity index is 954. The summed E-state index contributed by atoms with van der Waals surface area (Å²) < 4.78 is 24.1. The monoisotopic (exact) mass is 384 g/mol. The first-order chi connectivity index (χ1) is 12.7. The van der Waals surface area contributed by atoms with Gasteiger partial charge in [-0.15, -0.1) is 0 Å². The molecule has 0 saturated carbocycles. The second-order valence-corrected chi connectivity index (χ2v) is 10.6. The minimum absolute atomic E-state index is 0.0151. The smallest absolute Gasteiger partial charge is 0.167 e. The van der Waals surface area contributed by atoms with E-state index in [1.165, 1.54) is 23.1 Å². The van der Waals surface area contributed by atoms with Crippen molar-refractivity contribution >= 4 is 15.6 Å². The van der Waals surface area contributed by atoms with Crippen LogP contribution >= 0.6 is 0 Å². The number of Topliss-reactive ketones (excluding diaryl/α,β-unsaturated/α-hetero) is 1. The Morgan fingerprint density at radius 1 is 1.11 bits per heavy atom. The van der Waals surface area contributed by atoms with E-state index in [0.717, 1.165) is 17.5 Å². The average Bonchev–Trinajstić information content (AvgIpc) is 2.99. The molecule has 0 N–H and O–H groups in total. The van der Waals surface area contributed by atoms with E-state index in [-0.39, 0.29) is 11.5 Å². The SMILES string of the molecule is Cc1c(CC(=O)c2ccc(CS(=O)(=O)C(C)C)cc2)ccc2c1CCC2C. The van der Waals surface area contributed by atoms with Gasteiger partial charge in [-0.1, -0.05) is 43.3 Å². The van der Waals surface area contributed by atoms with E-state index in [4.69, 9.17) is 0 Å². The molecule has 144 valence electrons. The summed E-state index contributed by atoms with van der Waals surface area (Å²) in [5.74, 6) is 0.696. The average molecular weight is 385 g/mol. The maximum absolute atomic E-state index is 12.7. The van der Waals surface area contributed by atoms with Crippen LogP contribution in [0, 0.1) is 6.92 Å². The summed E-state index contributed by atoms with van der Waals surface area (Å²) in [4.78, 5) is 12.7. The van der Waals surface area contributed by atoms with Crippen LogP contribution in [-0.4, -0.2) is 19.5 Å². The van der Waals surface area contributed by atoms with Gasteiger partial charge in [0.1, 0.15) is 0 Å². The van der Waals surface area contributed by atoms with E-state index in [2.05, 4.69) is 26.0 Å². The lowest BCUT2D eigenvalue weighted by Gasteiger charge is -2.12. The van der Waals surface area contributed by atoms with Gasteiger partial charge in [-0.05, 0) is 67.3 Å². The predicted octanol–water partition coefficient (Wildman–Crippen LogP) is 4.79. The van der Waals surface area contributed by atoms with Crippen LogP contribution in [0.3, 0.4) is 0 Å². The molecule has 2 aromatic carbocycles. The normalized spacial score (nSPS) is 16.6. The van der Waals surface area contributed by atoms with Crippen LogP contribution in [-0.2, 0) is 28.4 Å². The van der Waals surface area contributed by atoms with E-state index in [1.54, 1.807) is 38.1 Å². The van der Waals surface area contributed by atoms with Gasteiger partial charge in [-0.2, -0.15) is 0 Å². The highest BCUT2D eigenvalue weighted by Crippen LogP contribution is 2.35. The summed E-state index contributed by atoms with van der Waals surface area (Å²) in [7, 11) is -3.13. The molecule has 0 radical (unpaired) electrons. The van der Waals surface area contributed by atoms with Gasteiger partial charge in [0.15, 0.2) is 15.6 Å². The van der Waals surface area contributed by atoms with Crippen LogP contribution in [0.1, 0.15) is 71.3 Å². The third-order valence-electron chi connectivity index (χ3n) is 5.82. The molecule has 0 bridgehead atoms. The lowest BCUT2D eigenvalue weighted by atomic mass is 9.92. The first kappa shape index (κ1) is 19.8. The number of fused-ring (bicyclic) bond motifs is 1. The number of hydrogen-bond acceptors (Lipinski definition) is 3. The van der Waals surface area contributed by atoms with Gasteiger partial charge in [-0.25, -0.2) is 8.42 Å². The molecular formula is C23H28O3S. The molecule has 0 aliphatic heterocycles. The fourth-order valence-corrected chi connectivity index (χ4v) is 4.78. The summed E-state index contributed by atoms with van der Waals surface area (Å²) in [5, 5.41) is -0.399. The number of ketones is 1. The van der Waals surface area contributed by atoms with E-state index in [1.807, 2.05) is 0 Å². The molecule has 1 unspecified atom stereocenters. The first-order valence-corrected chi connectivity index (χ1v) is 11.4. The minimum atomic E-state index is -3.13. The lowest BCUT2D eigenvalue weighted by molar-refractivity contribution is 0.0992. The summed E-state index contributed by atoms with van der Waals surface area (Å²) in [5.41, 5.74) is 6.56.